The Morgan fingerprint density at radius 3 is 2.62 bits per heavy atom. The van der Waals surface area contributed by atoms with Crippen LogP contribution in [0, 0.1) is 5.92 Å². The minimum atomic E-state index is -3.42. The smallest absolute Gasteiger partial charge is 0.244 e. The average molecular weight is 332 g/mol. The summed E-state index contributed by atoms with van der Waals surface area (Å²) in [6, 6.07) is 3.27. The van der Waals surface area contributed by atoms with E-state index >= 15 is 0 Å². The lowest BCUT2D eigenvalue weighted by atomic mass is 9.89. The number of nitrogens with zero attached hydrogens (tertiary/aromatic N) is 2. The van der Waals surface area contributed by atoms with E-state index < -0.39 is 10.0 Å². The minimum absolute atomic E-state index is 0.200. The predicted molar refractivity (Wildman–Crippen MR) is 85.2 cm³/mol. The number of hydrogen-bond acceptors (Lipinski definition) is 4. The van der Waals surface area contributed by atoms with Crippen molar-refractivity contribution < 1.29 is 8.42 Å². The van der Waals surface area contributed by atoms with Crippen LogP contribution in [-0.2, 0) is 10.0 Å². The third kappa shape index (κ3) is 4.08. The van der Waals surface area contributed by atoms with Gasteiger partial charge in [-0.15, -0.1) is 11.6 Å². The molecule has 0 saturated heterocycles. The molecule has 1 heterocycles. The fraction of sp³-hybridized carbons (Fsp3) is 0.643. The van der Waals surface area contributed by atoms with Gasteiger partial charge in [-0.3, -0.25) is 0 Å². The molecule has 1 aliphatic carbocycles. The van der Waals surface area contributed by atoms with E-state index in [2.05, 4.69) is 10.3 Å². The molecule has 2 unspecified atom stereocenters. The standard InChI is InChI=1S/C14H22ClN3O2S/c1-18(2)21(19,20)12-7-8-14(17-10-12)16-9-11-5-3-4-6-13(11)15/h7-8,10-11,13H,3-6,9H2,1-2H3,(H,16,17). The van der Waals surface area contributed by atoms with E-state index in [0.29, 0.717) is 11.7 Å². The van der Waals surface area contributed by atoms with Crippen LogP contribution in [0.3, 0.4) is 0 Å². The van der Waals surface area contributed by atoms with Crippen molar-refractivity contribution in [1.29, 1.82) is 0 Å². The van der Waals surface area contributed by atoms with Gasteiger partial charge in [0.05, 0.1) is 0 Å². The highest BCUT2D eigenvalue weighted by atomic mass is 35.5. The van der Waals surface area contributed by atoms with E-state index in [4.69, 9.17) is 11.6 Å². The molecule has 0 bridgehead atoms. The van der Waals surface area contributed by atoms with Crippen LogP contribution in [0.5, 0.6) is 0 Å². The van der Waals surface area contributed by atoms with Crippen molar-refractivity contribution >= 4 is 27.4 Å². The van der Waals surface area contributed by atoms with Crippen LogP contribution in [0.15, 0.2) is 23.2 Å². The normalized spacial score (nSPS) is 23.2. The van der Waals surface area contributed by atoms with Gasteiger partial charge in [-0.05, 0) is 30.9 Å². The third-order valence-corrected chi connectivity index (χ3v) is 6.25. The summed E-state index contributed by atoms with van der Waals surface area (Å²) in [7, 11) is -0.406. The van der Waals surface area contributed by atoms with Gasteiger partial charge < -0.3 is 5.32 Å². The van der Waals surface area contributed by atoms with Gasteiger partial charge in [0.1, 0.15) is 10.7 Å². The maximum atomic E-state index is 11.9. The van der Waals surface area contributed by atoms with Crippen LogP contribution in [0.1, 0.15) is 25.7 Å². The Hall–Kier alpha value is -0.850. The fourth-order valence-electron chi connectivity index (χ4n) is 2.48. The Morgan fingerprint density at radius 2 is 2.05 bits per heavy atom. The average Bonchev–Trinajstić information content (AvgIpc) is 2.46. The summed E-state index contributed by atoms with van der Waals surface area (Å²) in [5.41, 5.74) is 0. The van der Waals surface area contributed by atoms with Crippen LogP contribution in [0.25, 0.3) is 0 Å². The van der Waals surface area contributed by atoms with E-state index in [9.17, 15) is 8.42 Å². The van der Waals surface area contributed by atoms with Crippen molar-refractivity contribution in [3.05, 3.63) is 18.3 Å². The Bertz CT molecular complexity index is 560. The molecular formula is C14H22ClN3O2S. The maximum Gasteiger partial charge on any atom is 0.244 e. The second-order valence-corrected chi connectivity index (χ2v) is 8.32. The number of hydrogen-bond donors (Lipinski definition) is 1. The lowest BCUT2D eigenvalue weighted by Crippen LogP contribution is -2.27. The van der Waals surface area contributed by atoms with Crippen LogP contribution in [-0.4, -0.2) is 43.7 Å². The van der Waals surface area contributed by atoms with E-state index in [1.165, 1.54) is 37.4 Å². The quantitative estimate of drug-likeness (QED) is 0.842. The van der Waals surface area contributed by atoms with E-state index in [1.54, 1.807) is 12.1 Å². The molecule has 1 N–H and O–H groups in total. The second-order valence-electron chi connectivity index (χ2n) is 5.61. The van der Waals surface area contributed by atoms with E-state index in [0.717, 1.165) is 19.4 Å². The molecule has 1 aliphatic rings. The first-order valence-corrected chi connectivity index (χ1v) is 9.05. The summed E-state index contributed by atoms with van der Waals surface area (Å²) >= 11 is 6.32. The molecule has 2 atom stereocenters. The van der Waals surface area contributed by atoms with Crippen LogP contribution >= 0.6 is 11.6 Å². The Morgan fingerprint density at radius 1 is 1.33 bits per heavy atom. The lowest BCUT2D eigenvalue weighted by molar-refractivity contribution is 0.380. The van der Waals surface area contributed by atoms with Crippen molar-refractivity contribution in [2.75, 3.05) is 26.0 Å². The Kier molecular flexibility index (Phi) is 5.46. The highest BCUT2D eigenvalue weighted by Gasteiger charge is 2.23. The van der Waals surface area contributed by atoms with Crippen molar-refractivity contribution in [2.24, 2.45) is 5.92 Å². The number of aromatic nitrogens is 1. The largest absolute Gasteiger partial charge is 0.370 e. The zero-order valence-electron chi connectivity index (χ0n) is 12.4. The van der Waals surface area contributed by atoms with Gasteiger partial charge in [0, 0.05) is 32.2 Å². The fourth-order valence-corrected chi connectivity index (χ4v) is 3.69. The molecule has 2 rings (SSSR count). The van der Waals surface area contributed by atoms with Gasteiger partial charge in [0.15, 0.2) is 0 Å². The van der Waals surface area contributed by atoms with Crippen LogP contribution in [0.4, 0.5) is 5.82 Å². The summed E-state index contributed by atoms with van der Waals surface area (Å²) in [5.74, 6) is 1.13. The first-order chi connectivity index (χ1) is 9.91. The van der Waals surface area contributed by atoms with Gasteiger partial charge in [-0.1, -0.05) is 12.8 Å². The summed E-state index contributed by atoms with van der Waals surface area (Å²) in [6.45, 7) is 0.779. The lowest BCUT2D eigenvalue weighted by Gasteiger charge is -2.27. The minimum Gasteiger partial charge on any atom is -0.370 e. The van der Waals surface area contributed by atoms with Gasteiger partial charge in [0.2, 0.25) is 10.0 Å². The highest BCUT2D eigenvalue weighted by Crippen LogP contribution is 2.28. The van der Waals surface area contributed by atoms with Gasteiger partial charge in [0.25, 0.3) is 0 Å². The zero-order valence-corrected chi connectivity index (χ0v) is 14.0. The number of alkyl halides is 1. The molecule has 0 spiro atoms. The first kappa shape index (κ1) is 16.5. The van der Waals surface area contributed by atoms with Crippen molar-refractivity contribution in [1.82, 2.24) is 9.29 Å². The molecule has 5 nitrogen and oxygen atoms in total. The second kappa shape index (κ2) is 6.94. The van der Waals surface area contributed by atoms with Gasteiger partial charge >= 0.3 is 0 Å². The molecule has 1 saturated carbocycles. The maximum absolute atomic E-state index is 11.9. The molecule has 7 heteroatoms. The molecule has 0 amide bonds. The van der Waals surface area contributed by atoms with Crippen molar-refractivity contribution in [3.8, 4) is 0 Å². The molecular weight excluding hydrogens is 310 g/mol. The molecule has 21 heavy (non-hydrogen) atoms. The number of anilines is 1. The predicted octanol–water partition coefficient (Wildman–Crippen LogP) is 2.54. The monoisotopic (exact) mass is 331 g/mol. The molecule has 1 fully saturated rings. The van der Waals surface area contributed by atoms with Gasteiger partial charge in [-0.25, -0.2) is 17.7 Å². The van der Waals surface area contributed by atoms with E-state index in [1.807, 2.05) is 0 Å². The van der Waals surface area contributed by atoms with E-state index in [-0.39, 0.29) is 10.3 Å². The number of halogens is 1. The first-order valence-electron chi connectivity index (χ1n) is 7.18. The summed E-state index contributed by atoms with van der Waals surface area (Å²) in [5, 5.41) is 3.47. The Labute approximate surface area is 131 Å². The molecule has 0 aliphatic heterocycles. The summed E-state index contributed by atoms with van der Waals surface area (Å²) in [4.78, 5) is 4.38. The van der Waals surface area contributed by atoms with Crippen LogP contribution in [0.2, 0.25) is 0 Å². The molecule has 0 radical (unpaired) electrons. The molecule has 118 valence electrons. The summed E-state index contributed by atoms with van der Waals surface area (Å²) < 4.78 is 25.1. The molecule has 0 aromatic carbocycles. The number of pyridine rings is 1. The highest BCUT2D eigenvalue weighted by molar-refractivity contribution is 7.89. The number of nitrogens with one attached hydrogen (secondary N) is 1. The number of sulfonamides is 1. The Balaban J connectivity index is 1.97. The van der Waals surface area contributed by atoms with Crippen molar-refractivity contribution in [2.45, 2.75) is 36.0 Å². The van der Waals surface area contributed by atoms with Crippen molar-refractivity contribution in [3.63, 3.8) is 0 Å². The molecule has 1 aromatic heterocycles. The van der Waals surface area contributed by atoms with Gasteiger partial charge in [-0.2, -0.15) is 0 Å². The summed E-state index contributed by atoms with van der Waals surface area (Å²) in [6.07, 6.45) is 6.02. The number of rotatable bonds is 5. The molecule has 1 aromatic rings. The van der Waals surface area contributed by atoms with Crippen LogP contribution < -0.4 is 5.32 Å². The topological polar surface area (TPSA) is 62.3 Å². The third-order valence-electron chi connectivity index (χ3n) is 3.88. The SMILES string of the molecule is CN(C)S(=O)(=O)c1ccc(NCC2CCCCC2Cl)nc1. The zero-order chi connectivity index (χ0) is 15.5.